The molecule has 12 heteroatoms. The van der Waals surface area contributed by atoms with E-state index in [1.807, 2.05) is 0 Å². The van der Waals surface area contributed by atoms with Gasteiger partial charge in [0.1, 0.15) is 11.4 Å². The molecule has 0 spiro atoms. The molecule has 35 heavy (non-hydrogen) atoms. The Morgan fingerprint density at radius 2 is 1.91 bits per heavy atom. The predicted octanol–water partition coefficient (Wildman–Crippen LogP) is 2.91. The number of nitrogens with zero attached hydrogens (tertiary/aromatic N) is 2. The Bertz CT molecular complexity index is 1280. The molecule has 1 N–H and O–H groups in total. The van der Waals surface area contributed by atoms with Crippen LogP contribution in [0.4, 0.5) is 11.4 Å². The van der Waals surface area contributed by atoms with Crippen molar-refractivity contribution in [3.05, 3.63) is 74.8 Å². The second-order valence-corrected chi connectivity index (χ2v) is 9.17. The van der Waals surface area contributed by atoms with Gasteiger partial charge < -0.3 is 14.8 Å². The molecule has 2 saturated heterocycles. The van der Waals surface area contributed by atoms with Crippen molar-refractivity contribution in [1.29, 1.82) is 0 Å². The van der Waals surface area contributed by atoms with Crippen molar-refractivity contribution in [3.63, 3.8) is 0 Å². The fourth-order valence-corrected chi connectivity index (χ4v) is 5.17. The molecule has 2 fully saturated rings. The number of ether oxygens (including phenoxy) is 2. The van der Waals surface area contributed by atoms with E-state index in [1.165, 1.54) is 30.3 Å². The number of fused-ring (bicyclic) bond motifs is 5. The second-order valence-electron chi connectivity index (χ2n) is 8.33. The average Bonchev–Trinajstić information content (AvgIpc) is 3.47. The number of non-ortho nitro benzene ring substituents is 1. The van der Waals surface area contributed by atoms with E-state index < -0.39 is 46.2 Å². The molecule has 0 aromatic heterocycles. The number of nitrogens with one attached hydrogen (secondary N) is 1. The van der Waals surface area contributed by atoms with Crippen LogP contribution in [0.5, 0.6) is 5.75 Å². The van der Waals surface area contributed by atoms with Crippen molar-refractivity contribution >= 4 is 52.3 Å². The third-order valence-electron chi connectivity index (χ3n) is 6.29. The highest BCUT2D eigenvalue weighted by Gasteiger charge is 2.67. The Labute approximate surface area is 208 Å². The smallest absolute Gasteiger partial charge is 0.269 e. The minimum atomic E-state index is -1.19. The molecule has 3 amide bonds. The van der Waals surface area contributed by atoms with Gasteiger partial charge in [0.05, 0.1) is 40.1 Å². The summed E-state index contributed by atoms with van der Waals surface area (Å²) in [4.78, 5) is 50.3. The molecule has 0 aliphatic carbocycles. The highest BCUT2D eigenvalue weighted by Crippen LogP contribution is 2.52. The van der Waals surface area contributed by atoms with E-state index in [-0.39, 0.29) is 35.3 Å². The van der Waals surface area contributed by atoms with Crippen LogP contribution in [0.15, 0.2) is 54.6 Å². The lowest BCUT2D eigenvalue weighted by Gasteiger charge is -2.29. The zero-order valence-corrected chi connectivity index (χ0v) is 19.4. The fraction of sp³-hybridized carbons (Fsp3) is 0.261. The number of carbonyl (C=O) groups excluding carboxylic acids is 3. The van der Waals surface area contributed by atoms with Crippen molar-refractivity contribution in [2.75, 3.05) is 18.1 Å². The number of nitro groups is 1. The Kier molecular flexibility index (Phi) is 5.74. The Hall–Kier alpha value is -3.47. The van der Waals surface area contributed by atoms with E-state index in [1.54, 1.807) is 24.3 Å². The molecular weight excluding hydrogens is 501 g/mol. The topological polar surface area (TPSA) is 128 Å². The molecule has 180 valence electrons. The molecule has 0 saturated carbocycles. The fourth-order valence-electron chi connectivity index (χ4n) is 4.71. The molecular formula is C23H17Cl2N3O7. The average molecular weight is 518 g/mol. The summed E-state index contributed by atoms with van der Waals surface area (Å²) in [7, 11) is 0. The van der Waals surface area contributed by atoms with Gasteiger partial charge >= 0.3 is 0 Å². The normalized spacial score (nSPS) is 26.2. The quantitative estimate of drug-likeness (QED) is 0.258. The number of halogens is 2. The molecule has 3 aliphatic heterocycles. The van der Waals surface area contributed by atoms with Crippen LogP contribution in [0.25, 0.3) is 0 Å². The summed E-state index contributed by atoms with van der Waals surface area (Å²) >= 11 is 11.9. The zero-order valence-electron chi connectivity index (χ0n) is 17.9. The number of hydrogen-bond acceptors (Lipinski definition) is 7. The molecule has 5 rings (SSSR count). The van der Waals surface area contributed by atoms with Gasteiger partial charge in [-0.1, -0.05) is 35.4 Å². The van der Waals surface area contributed by atoms with Crippen LogP contribution in [-0.4, -0.2) is 47.5 Å². The van der Waals surface area contributed by atoms with Gasteiger partial charge in [0.2, 0.25) is 11.8 Å². The van der Waals surface area contributed by atoms with Crippen molar-refractivity contribution in [1.82, 2.24) is 5.32 Å². The summed E-state index contributed by atoms with van der Waals surface area (Å²) in [5, 5.41) is 14.3. The first-order valence-electron chi connectivity index (χ1n) is 10.5. The Morgan fingerprint density at radius 1 is 1.17 bits per heavy atom. The van der Waals surface area contributed by atoms with E-state index in [0.717, 1.165) is 4.90 Å². The standard InChI is InChI=1S/C23H17Cl2N3O7/c24-12-1-6-16(15(25)9-12)34-10-18(29)26-11-23-8-7-17(35-23)19-20(23)22(31)27(21(19)30)13-2-4-14(5-3-13)28(32)33/h1-9,17,19-20H,10-11H2,(H,26,29)/t17-,19+,20-,23+/m1/s1. The van der Waals surface area contributed by atoms with Crippen LogP contribution >= 0.6 is 23.2 Å². The van der Waals surface area contributed by atoms with E-state index in [2.05, 4.69) is 5.32 Å². The highest BCUT2D eigenvalue weighted by atomic mass is 35.5. The maximum atomic E-state index is 13.3. The van der Waals surface area contributed by atoms with E-state index in [9.17, 15) is 24.5 Å². The molecule has 2 aromatic carbocycles. The summed E-state index contributed by atoms with van der Waals surface area (Å²) < 4.78 is 11.4. The zero-order chi connectivity index (χ0) is 24.9. The molecule has 2 aromatic rings. The molecule has 2 bridgehead atoms. The molecule has 3 aliphatic rings. The maximum absolute atomic E-state index is 13.3. The first-order valence-corrected chi connectivity index (χ1v) is 11.3. The van der Waals surface area contributed by atoms with Crippen LogP contribution < -0.4 is 15.0 Å². The summed E-state index contributed by atoms with van der Waals surface area (Å²) in [6, 6.07) is 9.80. The summed E-state index contributed by atoms with van der Waals surface area (Å²) in [6.07, 6.45) is 2.79. The minimum Gasteiger partial charge on any atom is -0.482 e. The van der Waals surface area contributed by atoms with Crippen LogP contribution in [0, 0.1) is 22.0 Å². The van der Waals surface area contributed by atoms with E-state index in [0.29, 0.717) is 5.02 Å². The number of imide groups is 1. The number of hydrogen-bond donors (Lipinski definition) is 1. The Balaban J connectivity index is 1.28. The van der Waals surface area contributed by atoms with E-state index in [4.69, 9.17) is 32.7 Å². The largest absolute Gasteiger partial charge is 0.482 e. The van der Waals surface area contributed by atoms with Crippen molar-refractivity contribution in [2.24, 2.45) is 11.8 Å². The SMILES string of the molecule is O=C(COc1ccc(Cl)cc1Cl)NC[C@]12C=C[C@@H](O1)[C@@H]1C(=O)N(c3ccc([N+](=O)[O-])cc3)C(=O)[C@@H]12. The van der Waals surface area contributed by atoms with Gasteiger partial charge in [-0.25, -0.2) is 4.90 Å². The lowest BCUT2D eigenvalue weighted by molar-refractivity contribution is -0.384. The van der Waals surface area contributed by atoms with Crippen molar-refractivity contribution < 1.29 is 28.8 Å². The van der Waals surface area contributed by atoms with Crippen LogP contribution in [-0.2, 0) is 19.1 Å². The minimum absolute atomic E-state index is 0.0508. The van der Waals surface area contributed by atoms with Crippen LogP contribution in [0.3, 0.4) is 0 Å². The first-order chi connectivity index (χ1) is 16.7. The first kappa shape index (κ1) is 23.3. The number of nitro benzene ring substituents is 1. The third-order valence-corrected chi connectivity index (χ3v) is 6.82. The summed E-state index contributed by atoms with van der Waals surface area (Å²) in [6.45, 7) is -0.384. The monoisotopic (exact) mass is 517 g/mol. The molecule has 10 nitrogen and oxygen atoms in total. The van der Waals surface area contributed by atoms with Gasteiger partial charge in [0.15, 0.2) is 6.61 Å². The van der Waals surface area contributed by atoms with Gasteiger partial charge in [-0.3, -0.25) is 24.5 Å². The van der Waals surface area contributed by atoms with Gasteiger partial charge in [-0.2, -0.15) is 0 Å². The summed E-state index contributed by atoms with van der Waals surface area (Å²) in [5.74, 6) is -2.71. The van der Waals surface area contributed by atoms with Gasteiger partial charge in [-0.05, 0) is 30.3 Å². The Morgan fingerprint density at radius 3 is 2.60 bits per heavy atom. The summed E-state index contributed by atoms with van der Waals surface area (Å²) in [5.41, 5.74) is -1.10. The number of benzene rings is 2. The lowest BCUT2D eigenvalue weighted by atomic mass is 9.77. The van der Waals surface area contributed by atoms with Crippen LogP contribution in [0.2, 0.25) is 10.0 Å². The molecule has 0 unspecified atom stereocenters. The van der Waals surface area contributed by atoms with Crippen molar-refractivity contribution in [2.45, 2.75) is 11.7 Å². The third kappa shape index (κ3) is 3.93. The van der Waals surface area contributed by atoms with E-state index >= 15 is 0 Å². The van der Waals surface area contributed by atoms with Gasteiger partial charge in [0.25, 0.3) is 11.6 Å². The predicted molar refractivity (Wildman–Crippen MR) is 124 cm³/mol. The lowest BCUT2D eigenvalue weighted by Crippen LogP contribution is -2.49. The van der Waals surface area contributed by atoms with Crippen LogP contribution in [0.1, 0.15) is 0 Å². The molecule has 3 heterocycles. The molecule has 0 radical (unpaired) electrons. The maximum Gasteiger partial charge on any atom is 0.269 e. The van der Waals surface area contributed by atoms with Gasteiger partial charge in [-0.15, -0.1) is 0 Å². The number of amides is 3. The number of carbonyl (C=O) groups is 3. The molecule has 4 atom stereocenters. The highest BCUT2D eigenvalue weighted by molar-refractivity contribution is 6.35. The van der Waals surface area contributed by atoms with Crippen molar-refractivity contribution in [3.8, 4) is 5.75 Å². The second kappa shape index (κ2) is 8.63. The van der Waals surface area contributed by atoms with Gasteiger partial charge in [0, 0.05) is 17.2 Å². The number of anilines is 1. The number of rotatable bonds is 7.